The maximum absolute atomic E-state index is 13.7. The molecule has 0 bridgehead atoms. The standard InChI is InChI=1S/C31H33F2N5O/c1-22-34-35-30-21-37(28-5-2-3-6-29(28)38(22)30)18-4-17-36-19-15-25(16-20-36)31(39,23-7-11-26(32)12-8-23)24-9-13-27(33)14-10-24/h2-3,5-14,25,39H,4,15-21H2,1H3. The van der Waals surface area contributed by atoms with Crippen LogP contribution >= 0.6 is 0 Å². The number of nitrogens with zero attached hydrogens (tertiary/aromatic N) is 5. The third-order valence-corrected chi connectivity index (χ3v) is 8.34. The molecular formula is C31H33F2N5O. The van der Waals surface area contributed by atoms with E-state index in [2.05, 4.69) is 48.8 Å². The summed E-state index contributed by atoms with van der Waals surface area (Å²) in [6, 6.07) is 20.5. The number of fused-ring (bicyclic) bond motifs is 3. The Morgan fingerprint density at radius 3 is 2.03 bits per heavy atom. The average Bonchev–Trinajstić information content (AvgIpc) is 3.34. The van der Waals surface area contributed by atoms with E-state index in [0.717, 1.165) is 69.3 Å². The first kappa shape index (κ1) is 25.6. The SMILES string of the molecule is Cc1nnc2n1-c1ccccc1N(CCCN1CCC(C(O)(c3ccc(F)cc3)c3ccc(F)cc3)CC1)C2. The lowest BCUT2D eigenvalue weighted by Crippen LogP contribution is -2.45. The predicted molar refractivity (Wildman–Crippen MR) is 147 cm³/mol. The van der Waals surface area contributed by atoms with Crippen molar-refractivity contribution < 1.29 is 13.9 Å². The van der Waals surface area contributed by atoms with Crippen LogP contribution in [0.1, 0.15) is 42.0 Å². The minimum Gasteiger partial charge on any atom is -0.380 e. The van der Waals surface area contributed by atoms with Crippen LogP contribution in [-0.2, 0) is 12.1 Å². The molecule has 0 atom stereocenters. The van der Waals surface area contributed by atoms with Gasteiger partial charge >= 0.3 is 0 Å². The number of aliphatic hydroxyl groups is 1. The Morgan fingerprint density at radius 2 is 1.41 bits per heavy atom. The van der Waals surface area contributed by atoms with Crippen molar-refractivity contribution in [1.29, 1.82) is 0 Å². The second kappa shape index (κ2) is 10.5. The Kier molecular flexibility index (Phi) is 6.91. The summed E-state index contributed by atoms with van der Waals surface area (Å²) < 4.78 is 29.5. The molecule has 6 nitrogen and oxygen atoms in total. The fourth-order valence-corrected chi connectivity index (χ4v) is 6.30. The molecule has 1 fully saturated rings. The topological polar surface area (TPSA) is 57.4 Å². The van der Waals surface area contributed by atoms with Gasteiger partial charge in [0, 0.05) is 6.54 Å². The van der Waals surface area contributed by atoms with E-state index in [0.29, 0.717) is 11.1 Å². The molecule has 2 aliphatic heterocycles. The van der Waals surface area contributed by atoms with Crippen LogP contribution in [0, 0.1) is 24.5 Å². The van der Waals surface area contributed by atoms with E-state index in [-0.39, 0.29) is 17.6 Å². The van der Waals surface area contributed by atoms with Crippen LogP contribution in [0.15, 0.2) is 72.8 Å². The molecule has 0 saturated carbocycles. The lowest BCUT2D eigenvalue weighted by molar-refractivity contribution is -0.0143. The quantitative estimate of drug-likeness (QED) is 0.356. The summed E-state index contributed by atoms with van der Waals surface area (Å²) in [6.07, 6.45) is 2.59. The van der Waals surface area contributed by atoms with E-state index in [4.69, 9.17) is 0 Å². The van der Waals surface area contributed by atoms with E-state index >= 15 is 0 Å². The molecule has 202 valence electrons. The highest BCUT2D eigenvalue weighted by molar-refractivity contribution is 5.65. The molecule has 1 aromatic heterocycles. The van der Waals surface area contributed by atoms with Gasteiger partial charge in [-0.2, -0.15) is 0 Å². The molecule has 1 saturated heterocycles. The number of piperidine rings is 1. The van der Waals surface area contributed by atoms with Crippen LogP contribution in [0.4, 0.5) is 14.5 Å². The van der Waals surface area contributed by atoms with Gasteiger partial charge in [0.1, 0.15) is 23.1 Å². The maximum atomic E-state index is 13.7. The van der Waals surface area contributed by atoms with E-state index in [1.807, 2.05) is 6.92 Å². The molecular weight excluding hydrogens is 496 g/mol. The normalized spacial score (nSPS) is 16.3. The molecule has 2 aliphatic rings. The zero-order chi connectivity index (χ0) is 27.0. The molecule has 8 heteroatoms. The summed E-state index contributed by atoms with van der Waals surface area (Å²) in [5.74, 6) is 1.12. The number of halogens is 2. The van der Waals surface area contributed by atoms with Gasteiger partial charge < -0.3 is 14.9 Å². The lowest BCUT2D eigenvalue weighted by atomic mass is 9.72. The van der Waals surface area contributed by atoms with Gasteiger partial charge in [-0.1, -0.05) is 36.4 Å². The van der Waals surface area contributed by atoms with Gasteiger partial charge in [0.25, 0.3) is 0 Å². The lowest BCUT2D eigenvalue weighted by Gasteiger charge is -2.42. The van der Waals surface area contributed by atoms with Crippen LogP contribution in [0.2, 0.25) is 0 Å². The number of hydrogen-bond donors (Lipinski definition) is 1. The molecule has 0 radical (unpaired) electrons. The Hall–Kier alpha value is -3.62. The van der Waals surface area contributed by atoms with Crippen molar-refractivity contribution in [3.05, 3.63) is 107 Å². The third kappa shape index (κ3) is 4.83. The largest absolute Gasteiger partial charge is 0.380 e. The van der Waals surface area contributed by atoms with Crippen molar-refractivity contribution in [2.24, 2.45) is 5.92 Å². The van der Waals surface area contributed by atoms with E-state index in [1.54, 1.807) is 24.3 Å². The van der Waals surface area contributed by atoms with Crippen molar-refractivity contribution >= 4 is 5.69 Å². The monoisotopic (exact) mass is 529 g/mol. The van der Waals surface area contributed by atoms with Gasteiger partial charge in [-0.05, 0) is 99.3 Å². The van der Waals surface area contributed by atoms with Crippen molar-refractivity contribution in [3.63, 3.8) is 0 Å². The number of rotatable bonds is 7. The predicted octanol–water partition coefficient (Wildman–Crippen LogP) is 5.21. The van der Waals surface area contributed by atoms with Gasteiger partial charge in [0.15, 0.2) is 5.82 Å². The zero-order valence-electron chi connectivity index (χ0n) is 22.1. The first-order valence-electron chi connectivity index (χ1n) is 13.7. The summed E-state index contributed by atoms with van der Waals surface area (Å²) in [6.45, 7) is 6.32. The van der Waals surface area contributed by atoms with Crippen molar-refractivity contribution in [1.82, 2.24) is 19.7 Å². The van der Waals surface area contributed by atoms with Gasteiger partial charge in [-0.3, -0.25) is 4.57 Å². The number of aromatic nitrogens is 3. The van der Waals surface area contributed by atoms with Gasteiger partial charge in [-0.25, -0.2) is 8.78 Å². The number of likely N-dealkylation sites (tertiary alicyclic amines) is 1. The fraction of sp³-hybridized carbons (Fsp3) is 0.355. The smallest absolute Gasteiger partial charge is 0.157 e. The van der Waals surface area contributed by atoms with Crippen LogP contribution in [0.25, 0.3) is 5.69 Å². The van der Waals surface area contributed by atoms with E-state index < -0.39 is 5.60 Å². The van der Waals surface area contributed by atoms with Crippen molar-refractivity contribution in [2.75, 3.05) is 31.1 Å². The highest BCUT2D eigenvalue weighted by Crippen LogP contribution is 2.42. The molecule has 0 amide bonds. The summed E-state index contributed by atoms with van der Waals surface area (Å²) in [7, 11) is 0. The van der Waals surface area contributed by atoms with Crippen LogP contribution in [0.3, 0.4) is 0 Å². The second-order valence-electron chi connectivity index (χ2n) is 10.7. The highest BCUT2D eigenvalue weighted by atomic mass is 19.1. The van der Waals surface area contributed by atoms with Crippen molar-refractivity contribution in [3.8, 4) is 5.69 Å². The third-order valence-electron chi connectivity index (χ3n) is 8.34. The Bertz CT molecular complexity index is 1380. The first-order valence-corrected chi connectivity index (χ1v) is 13.7. The maximum Gasteiger partial charge on any atom is 0.157 e. The number of benzene rings is 3. The molecule has 3 heterocycles. The minimum atomic E-state index is -1.31. The highest BCUT2D eigenvalue weighted by Gasteiger charge is 2.41. The fourth-order valence-electron chi connectivity index (χ4n) is 6.30. The number of hydrogen-bond acceptors (Lipinski definition) is 5. The molecule has 0 unspecified atom stereocenters. The molecule has 6 rings (SSSR count). The Labute approximate surface area is 227 Å². The van der Waals surface area contributed by atoms with Gasteiger partial charge in [0.2, 0.25) is 0 Å². The van der Waals surface area contributed by atoms with Crippen LogP contribution in [0.5, 0.6) is 0 Å². The first-order chi connectivity index (χ1) is 18.9. The molecule has 0 spiro atoms. The molecule has 3 aromatic carbocycles. The van der Waals surface area contributed by atoms with Crippen LogP contribution in [-0.4, -0.2) is 50.9 Å². The number of aryl methyl sites for hydroxylation is 1. The van der Waals surface area contributed by atoms with Crippen LogP contribution < -0.4 is 4.90 Å². The summed E-state index contributed by atoms with van der Waals surface area (Å²) >= 11 is 0. The second-order valence-corrected chi connectivity index (χ2v) is 10.7. The minimum absolute atomic E-state index is 0.0618. The number of anilines is 1. The Morgan fingerprint density at radius 1 is 0.821 bits per heavy atom. The van der Waals surface area contributed by atoms with Gasteiger partial charge in [0.05, 0.1) is 17.9 Å². The molecule has 39 heavy (non-hydrogen) atoms. The molecule has 1 N–H and O–H groups in total. The average molecular weight is 530 g/mol. The Balaban J connectivity index is 1.11. The van der Waals surface area contributed by atoms with E-state index in [1.165, 1.54) is 30.0 Å². The summed E-state index contributed by atoms with van der Waals surface area (Å²) in [5, 5.41) is 20.8. The summed E-state index contributed by atoms with van der Waals surface area (Å²) in [5.41, 5.74) is 2.30. The molecule has 4 aromatic rings. The van der Waals surface area contributed by atoms with Crippen molar-refractivity contribution in [2.45, 2.75) is 38.3 Å². The zero-order valence-corrected chi connectivity index (χ0v) is 22.1. The molecule has 0 aliphatic carbocycles. The van der Waals surface area contributed by atoms with Gasteiger partial charge in [-0.15, -0.1) is 10.2 Å². The van der Waals surface area contributed by atoms with E-state index in [9.17, 15) is 13.9 Å². The summed E-state index contributed by atoms with van der Waals surface area (Å²) in [4.78, 5) is 4.84. The number of para-hydroxylation sites is 2.